The van der Waals surface area contributed by atoms with Gasteiger partial charge in [0.25, 0.3) is 0 Å². The molecule has 0 saturated heterocycles. The van der Waals surface area contributed by atoms with E-state index in [0.29, 0.717) is 18.0 Å². The van der Waals surface area contributed by atoms with Gasteiger partial charge in [0, 0.05) is 19.8 Å². The molecule has 2 aromatic rings. The third kappa shape index (κ3) is 4.84. The van der Waals surface area contributed by atoms with Crippen molar-refractivity contribution in [2.45, 2.75) is 25.7 Å². The summed E-state index contributed by atoms with van der Waals surface area (Å²) in [5.41, 5.74) is 2.89. The minimum Gasteiger partial charge on any atom is -0.492 e. The molecule has 0 atom stereocenters. The van der Waals surface area contributed by atoms with Gasteiger partial charge in [0.1, 0.15) is 5.75 Å². The lowest BCUT2D eigenvalue weighted by atomic mass is 10.1. The van der Waals surface area contributed by atoms with Gasteiger partial charge in [-0.05, 0) is 62.2 Å². The maximum atomic E-state index is 12.8. The molecule has 8 heteroatoms. The van der Waals surface area contributed by atoms with Crippen LogP contribution in [0.15, 0.2) is 41.3 Å². The number of hydrogen-bond donors (Lipinski definition) is 0. The summed E-state index contributed by atoms with van der Waals surface area (Å²) in [5.74, 6) is 0.0719. The first-order valence-corrected chi connectivity index (χ1v) is 10.6. The molecule has 0 unspecified atom stereocenters. The van der Waals surface area contributed by atoms with Crippen LogP contribution in [0.4, 0.5) is 5.69 Å². The number of nitrogens with zero attached hydrogens (tertiary/aromatic N) is 2. The van der Waals surface area contributed by atoms with Crippen molar-refractivity contribution in [3.8, 4) is 5.75 Å². The number of aryl methyl sites for hydroxylation is 2. The van der Waals surface area contributed by atoms with Crippen LogP contribution in [-0.4, -0.2) is 45.9 Å². The Labute approximate surface area is 171 Å². The van der Waals surface area contributed by atoms with Crippen molar-refractivity contribution in [3.63, 3.8) is 0 Å². The van der Waals surface area contributed by atoms with Crippen molar-refractivity contribution in [2.75, 3.05) is 32.1 Å². The molecular formula is C20H25ClN2O4S. The monoisotopic (exact) mass is 424 g/mol. The average Bonchev–Trinajstić information content (AvgIpc) is 2.64. The summed E-state index contributed by atoms with van der Waals surface area (Å²) in [6.07, 6.45) is 0. The molecule has 0 spiro atoms. The molecule has 0 aromatic heterocycles. The number of anilines is 1. The van der Waals surface area contributed by atoms with Gasteiger partial charge in [0.15, 0.2) is 0 Å². The van der Waals surface area contributed by atoms with E-state index in [4.69, 9.17) is 16.3 Å². The van der Waals surface area contributed by atoms with E-state index in [1.807, 2.05) is 39.0 Å². The van der Waals surface area contributed by atoms with Gasteiger partial charge in [-0.15, -0.1) is 0 Å². The minimum atomic E-state index is -3.87. The Morgan fingerprint density at radius 2 is 1.75 bits per heavy atom. The summed E-state index contributed by atoms with van der Waals surface area (Å²) < 4.78 is 31.9. The number of rotatable bonds is 7. The molecule has 2 aromatic carbocycles. The van der Waals surface area contributed by atoms with Crippen molar-refractivity contribution < 1.29 is 17.9 Å². The highest BCUT2D eigenvalue weighted by Crippen LogP contribution is 2.28. The minimum absolute atomic E-state index is 0.00471. The number of ether oxygens (including phenoxy) is 1. The Bertz CT molecular complexity index is 976. The number of hydrogen-bond acceptors (Lipinski definition) is 4. The van der Waals surface area contributed by atoms with Crippen LogP contribution in [0.3, 0.4) is 0 Å². The van der Waals surface area contributed by atoms with Crippen LogP contribution in [0.1, 0.15) is 18.1 Å². The van der Waals surface area contributed by atoms with Crippen molar-refractivity contribution >= 4 is 33.2 Å². The molecule has 0 saturated carbocycles. The molecule has 1 amide bonds. The van der Waals surface area contributed by atoms with Gasteiger partial charge >= 0.3 is 0 Å². The van der Waals surface area contributed by atoms with Crippen molar-refractivity contribution in [3.05, 3.63) is 52.5 Å². The highest BCUT2D eigenvalue weighted by molar-refractivity contribution is 7.89. The Balaban J connectivity index is 2.17. The lowest BCUT2D eigenvalue weighted by molar-refractivity contribution is -0.118. The van der Waals surface area contributed by atoms with Crippen LogP contribution >= 0.6 is 11.6 Å². The predicted octanol–water partition coefficient (Wildman–Crippen LogP) is 3.64. The number of benzene rings is 2. The fourth-order valence-electron chi connectivity index (χ4n) is 2.55. The number of carbonyl (C=O) groups is 1. The fraction of sp³-hybridized carbons (Fsp3) is 0.350. The molecule has 6 nitrogen and oxygen atoms in total. The van der Waals surface area contributed by atoms with Crippen molar-refractivity contribution in [1.29, 1.82) is 0 Å². The molecule has 0 aliphatic heterocycles. The quantitative estimate of drug-likeness (QED) is 0.680. The number of likely N-dealkylation sites (N-methyl/N-ethyl adjacent to an activating group) is 2. The van der Waals surface area contributed by atoms with Crippen LogP contribution in [0, 0.1) is 13.8 Å². The molecule has 0 aliphatic carbocycles. The summed E-state index contributed by atoms with van der Waals surface area (Å²) in [5, 5.41) is 0.204. The summed E-state index contributed by atoms with van der Waals surface area (Å²) in [6, 6.07) is 9.91. The van der Waals surface area contributed by atoms with Gasteiger partial charge in [-0.1, -0.05) is 17.7 Å². The van der Waals surface area contributed by atoms with Gasteiger partial charge in [0.2, 0.25) is 15.9 Å². The number of halogens is 1. The molecule has 0 aliphatic rings. The summed E-state index contributed by atoms with van der Waals surface area (Å²) in [6.45, 7) is 5.89. The van der Waals surface area contributed by atoms with E-state index in [2.05, 4.69) is 0 Å². The molecule has 28 heavy (non-hydrogen) atoms. The number of sulfonamides is 1. The fourth-order valence-corrected chi connectivity index (χ4v) is 4.00. The van der Waals surface area contributed by atoms with E-state index in [0.717, 1.165) is 15.4 Å². The van der Waals surface area contributed by atoms with Crippen LogP contribution in [0.2, 0.25) is 5.02 Å². The Hall–Kier alpha value is -2.09. The van der Waals surface area contributed by atoms with Crippen LogP contribution in [0.25, 0.3) is 0 Å². The predicted molar refractivity (Wildman–Crippen MR) is 112 cm³/mol. The van der Waals surface area contributed by atoms with Crippen LogP contribution in [0.5, 0.6) is 5.75 Å². The highest BCUT2D eigenvalue weighted by atomic mass is 35.5. The second kappa shape index (κ2) is 8.94. The second-order valence-corrected chi connectivity index (χ2v) is 8.96. The zero-order valence-electron chi connectivity index (χ0n) is 16.7. The third-order valence-electron chi connectivity index (χ3n) is 4.52. The van der Waals surface area contributed by atoms with Gasteiger partial charge in [-0.3, -0.25) is 4.79 Å². The van der Waals surface area contributed by atoms with Crippen LogP contribution < -0.4 is 9.64 Å². The Morgan fingerprint density at radius 3 is 2.32 bits per heavy atom. The molecular weight excluding hydrogens is 400 g/mol. The zero-order chi connectivity index (χ0) is 21.1. The van der Waals surface area contributed by atoms with Crippen LogP contribution in [-0.2, 0) is 14.8 Å². The highest BCUT2D eigenvalue weighted by Gasteiger charge is 2.25. The lowest BCUT2D eigenvalue weighted by Gasteiger charge is -2.22. The topological polar surface area (TPSA) is 66.9 Å². The van der Waals surface area contributed by atoms with E-state index in [9.17, 15) is 13.2 Å². The van der Waals surface area contributed by atoms with E-state index in [1.54, 1.807) is 7.05 Å². The van der Waals surface area contributed by atoms with Gasteiger partial charge in [0.05, 0.1) is 23.1 Å². The molecule has 0 heterocycles. The summed E-state index contributed by atoms with van der Waals surface area (Å²) >= 11 is 6.10. The first-order chi connectivity index (χ1) is 13.1. The Morgan fingerprint density at radius 1 is 1.07 bits per heavy atom. The first kappa shape index (κ1) is 22.2. The van der Waals surface area contributed by atoms with Gasteiger partial charge in [-0.2, -0.15) is 4.31 Å². The largest absolute Gasteiger partial charge is 0.492 e. The maximum Gasteiger partial charge on any atom is 0.243 e. The molecule has 2 rings (SSSR count). The van der Waals surface area contributed by atoms with E-state index < -0.39 is 10.0 Å². The number of carbonyl (C=O) groups excluding carboxylic acids is 1. The molecule has 152 valence electrons. The standard InChI is InChI=1S/C20H25ClN2O4S/c1-6-27-19-10-9-17(12-18(19)21)28(25,26)22(4)13-20(24)23(5)16-8-7-14(2)15(3)11-16/h7-12H,6,13H2,1-5H3. The third-order valence-corrected chi connectivity index (χ3v) is 6.62. The molecule has 0 radical (unpaired) electrons. The number of amides is 1. The first-order valence-electron chi connectivity index (χ1n) is 8.80. The van der Waals surface area contributed by atoms with E-state index in [1.165, 1.54) is 30.1 Å². The van der Waals surface area contributed by atoms with Gasteiger partial charge < -0.3 is 9.64 Å². The zero-order valence-corrected chi connectivity index (χ0v) is 18.3. The maximum absolute atomic E-state index is 12.8. The molecule has 0 fully saturated rings. The SMILES string of the molecule is CCOc1ccc(S(=O)(=O)N(C)CC(=O)N(C)c2ccc(C)c(C)c2)cc1Cl. The van der Waals surface area contributed by atoms with Crippen molar-refractivity contribution in [2.24, 2.45) is 0 Å². The summed E-state index contributed by atoms with van der Waals surface area (Å²) in [4.78, 5) is 14.1. The van der Waals surface area contributed by atoms with E-state index in [-0.39, 0.29) is 22.4 Å². The molecule has 0 N–H and O–H groups in total. The normalized spacial score (nSPS) is 11.5. The van der Waals surface area contributed by atoms with Gasteiger partial charge in [-0.25, -0.2) is 8.42 Å². The lowest BCUT2D eigenvalue weighted by Crippen LogP contribution is -2.39. The van der Waals surface area contributed by atoms with Crippen molar-refractivity contribution in [1.82, 2.24) is 4.31 Å². The smallest absolute Gasteiger partial charge is 0.243 e. The average molecular weight is 425 g/mol. The Kier molecular flexibility index (Phi) is 7.09. The van der Waals surface area contributed by atoms with E-state index >= 15 is 0 Å². The summed E-state index contributed by atoms with van der Waals surface area (Å²) in [7, 11) is -0.880. The molecule has 0 bridgehead atoms. The second-order valence-electron chi connectivity index (χ2n) is 6.51.